The zero-order valence-electron chi connectivity index (χ0n) is 37.7. The van der Waals surface area contributed by atoms with E-state index in [1.54, 1.807) is 7.11 Å². The Labute approximate surface area is 349 Å². The van der Waals surface area contributed by atoms with Gasteiger partial charge in [0.2, 0.25) is 5.75 Å². The van der Waals surface area contributed by atoms with Crippen LogP contribution in [0.2, 0.25) is 0 Å². The van der Waals surface area contributed by atoms with Gasteiger partial charge in [-0.1, -0.05) is 142 Å². The van der Waals surface area contributed by atoms with Crippen molar-refractivity contribution in [3.05, 3.63) is 17.7 Å². The smallest absolute Gasteiger partial charge is 0.338 e. The molecule has 0 radical (unpaired) electrons. The fourth-order valence-corrected chi connectivity index (χ4v) is 7.28. The van der Waals surface area contributed by atoms with Crippen LogP contribution in [0, 0.1) is 0 Å². The van der Waals surface area contributed by atoms with Crippen LogP contribution < -0.4 is 14.2 Å². The predicted octanol–water partition coefficient (Wildman–Crippen LogP) is 10.8. The molecule has 0 spiro atoms. The molecule has 0 saturated heterocycles. The zero-order valence-corrected chi connectivity index (χ0v) is 37.7. The number of carbonyl (C=O) groups excluding carboxylic acids is 2. The predicted molar refractivity (Wildman–Crippen MR) is 234 cm³/mol. The zero-order chi connectivity index (χ0) is 41.9. The molecule has 1 N–H and O–H groups in total. The average Bonchev–Trinajstić information content (AvgIpc) is 3.20. The Balaban J connectivity index is 2.74. The molecule has 1 aromatic carbocycles. The lowest BCUT2D eigenvalue weighted by Crippen LogP contribution is -2.39. The van der Waals surface area contributed by atoms with Crippen LogP contribution in [0.4, 0.5) is 0 Å². The molecule has 0 amide bonds. The van der Waals surface area contributed by atoms with Crippen molar-refractivity contribution in [3.63, 3.8) is 0 Å². The number of esters is 2. The molecule has 10 nitrogen and oxygen atoms in total. The number of unbranched alkanes of at least 4 members (excludes halogenated alkanes) is 18. The third-order valence-electron chi connectivity index (χ3n) is 10.8. The second-order valence-corrected chi connectivity index (χ2v) is 16.3. The summed E-state index contributed by atoms with van der Waals surface area (Å²) in [6.07, 6.45) is 28.6. The molecule has 0 fully saturated rings. The number of rotatable bonds is 39. The van der Waals surface area contributed by atoms with Crippen molar-refractivity contribution in [2.45, 2.75) is 187 Å². The third-order valence-corrected chi connectivity index (χ3v) is 10.8. The van der Waals surface area contributed by atoms with Crippen molar-refractivity contribution < 1.29 is 38.4 Å². The van der Waals surface area contributed by atoms with Crippen molar-refractivity contribution in [2.75, 3.05) is 68.2 Å². The lowest BCUT2D eigenvalue weighted by atomic mass is 10.0. The maximum atomic E-state index is 13.2. The molecule has 1 aromatic rings. The Morgan fingerprint density at radius 3 is 1.60 bits per heavy atom. The molecule has 0 aliphatic carbocycles. The fourth-order valence-electron chi connectivity index (χ4n) is 7.28. The van der Waals surface area contributed by atoms with Gasteiger partial charge in [-0.05, 0) is 58.5 Å². The second kappa shape index (κ2) is 35.5. The first-order valence-electron chi connectivity index (χ1n) is 22.9. The number of hydrogen-bond donors (Lipinski definition) is 1. The number of carbonyl (C=O) groups is 2. The molecule has 0 aromatic heterocycles. The Bertz CT molecular complexity index is 1110. The standard InChI is InChI=1S/C47H86N2O8/c1-8-10-12-14-16-18-20-22-24-26-30-41(50)38-49(39-42(53-5)31-27-25-23-21-19-17-15-13-11-9-2)34-28-32-45(51)57-46-43(54-6)36-40(37-44(46)55-7)47(52)56-35-29-33-48(3)4/h36-37,41-42,50H,8-35,38-39H2,1-7H3. The highest BCUT2D eigenvalue weighted by atomic mass is 16.6. The summed E-state index contributed by atoms with van der Waals surface area (Å²) in [6.45, 7) is 7.52. The van der Waals surface area contributed by atoms with Crippen LogP contribution in [0.15, 0.2) is 12.1 Å². The van der Waals surface area contributed by atoms with E-state index in [2.05, 4.69) is 18.7 Å². The van der Waals surface area contributed by atoms with E-state index in [1.165, 1.54) is 136 Å². The van der Waals surface area contributed by atoms with E-state index in [0.29, 0.717) is 32.5 Å². The van der Waals surface area contributed by atoms with E-state index in [0.717, 1.165) is 38.6 Å². The summed E-state index contributed by atoms with van der Waals surface area (Å²) in [7, 11) is 8.64. The summed E-state index contributed by atoms with van der Waals surface area (Å²) < 4.78 is 28.2. The average molecular weight is 807 g/mol. The van der Waals surface area contributed by atoms with Crippen LogP contribution >= 0.6 is 0 Å². The number of nitrogens with zero attached hydrogens (tertiary/aromatic N) is 2. The molecule has 0 bridgehead atoms. The van der Waals surface area contributed by atoms with Crippen LogP contribution in [-0.2, 0) is 14.3 Å². The third kappa shape index (κ3) is 27.1. The molecule has 2 unspecified atom stereocenters. The maximum absolute atomic E-state index is 13.2. The van der Waals surface area contributed by atoms with Crippen molar-refractivity contribution >= 4 is 11.9 Å². The Hall–Kier alpha value is -2.40. The van der Waals surface area contributed by atoms with Gasteiger partial charge in [0.1, 0.15) is 0 Å². The molecule has 0 heterocycles. The van der Waals surface area contributed by atoms with E-state index >= 15 is 0 Å². The van der Waals surface area contributed by atoms with Gasteiger partial charge in [-0.3, -0.25) is 9.69 Å². The molecule has 0 aliphatic heterocycles. The lowest BCUT2D eigenvalue weighted by Gasteiger charge is -2.29. The minimum absolute atomic E-state index is 0.0715. The van der Waals surface area contributed by atoms with Crippen LogP contribution in [-0.4, -0.2) is 107 Å². The van der Waals surface area contributed by atoms with Crippen LogP contribution in [0.5, 0.6) is 17.2 Å². The van der Waals surface area contributed by atoms with Gasteiger partial charge in [0.15, 0.2) is 11.5 Å². The van der Waals surface area contributed by atoms with Crippen molar-refractivity contribution in [3.8, 4) is 17.2 Å². The van der Waals surface area contributed by atoms with E-state index in [-0.39, 0.29) is 41.9 Å². The highest BCUT2D eigenvalue weighted by Gasteiger charge is 2.22. The first-order chi connectivity index (χ1) is 27.7. The van der Waals surface area contributed by atoms with Gasteiger partial charge in [0.05, 0.1) is 38.6 Å². The summed E-state index contributed by atoms with van der Waals surface area (Å²) in [6, 6.07) is 3.02. The summed E-state index contributed by atoms with van der Waals surface area (Å²) >= 11 is 0. The number of aliphatic hydroxyl groups excluding tert-OH is 1. The summed E-state index contributed by atoms with van der Waals surface area (Å²) in [5.74, 6) is -0.357. The molecular weight excluding hydrogens is 721 g/mol. The van der Waals surface area contributed by atoms with E-state index in [1.807, 2.05) is 19.0 Å². The van der Waals surface area contributed by atoms with Crippen molar-refractivity contribution in [1.29, 1.82) is 0 Å². The van der Waals surface area contributed by atoms with Crippen molar-refractivity contribution in [2.24, 2.45) is 0 Å². The Kier molecular flexibility index (Phi) is 32.8. The van der Waals surface area contributed by atoms with Gasteiger partial charge in [0.25, 0.3) is 0 Å². The minimum atomic E-state index is -0.499. The van der Waals surface area contributed by atoms with Gasteiger partial charge in [-0.25, -0.2) is 4.79 Å². The summed E-state index contributed by atoms with van der Waals surface area (Å²) in [5.41, 5.74) is 0.255. The lowest BCUT2D eigenvalue weighted by molar-refractivity contribution is -0.134. The maximum Gasteiger partial charge on any atom is 0.338 e. The quantitative estimate of drug-likeness (QED) is 0.0392. The van der Waals surface area contributed by atoms with Crippen LogP contribution in [0.25, 0.3) is 0 Å². The first-order valence-corrected chi connectivity index (χ1v) is 22.9. The Morgan fingerprint density at radius 1 is 0.632 bits per heavy atom. The van der Waals surface area contributed by atoms with Gasteiger partial charge in [0, 0.05) is 33.2 Å². The first kappa shape index (κ1) is 52.6. The normalized spacial score (nSPS) is 12.6. The SMILES string of the molecule is CCCCCCCCCCCCC(O)CN(CCCC(=O)Oc1c(OC)cc(C(=O)OCCCN(C)C)cc1OC)CC(CCCCCCCCCCCC)OC. The van der Waals surface area contributed by atoms with Gasteiger partial charge >= 0.3 is 11.9 Å². The number of hydrogen-bond acceptors (Lipinski definition) is 10. The van der Waals surface area contributed by atoms with Crippen LogP contribution in [0.3, 0.4) is 0 Å². The largest absolute Gasteiger partial charge is 0.493 e. The molecule has 0 saturated carbocycles. The summed E-state index contributed by atoms with van der Waals surface area (Å²) in [5, 5.41) is 11.1. The number of aliphatic hydroxyl groups is 1. The molecule has 10 heteroatoms. The van der Waals surface area contributed by atoms with Crippen LogP contribution in [0.1, 0.15) is 185 Å². The van der Waals surface area contributed by atoms with Gasteiger partial charge in [-0.2, -0.15) is 0 Å². The summed E-state index contributed by atoms with van der Waals surface area (Å²) in [4.78, 5) is 30.2. The topological polar surface area (TPSA) is 107 Å². The molecule has 332 valence electrons. The monoisotopic (exact) mass is 807 g/mol. The molecular formula is C47H86N2O8. The highest BCUT2D eigenvalue weighted by Crippen LogP contribution is 2.39. The number of methoxy groups -OCH3 is 3. The molecule has 0 aliphatic rings. The Morgan fingerprint density at radius 2 is 1.12 bits per heavy atom. The van der Waals surface area contributed by atoms with E-state index in [4.69, 9.17) is 23.7 Å². The van der Waals surface area contributed by atoms with E-state index < -0.39 is 18.0 Å². The molecule has 57 heavy (non-hydrogen) atoms. The van der Waals surface area contributed by atoms with Gasteiger partial charge in [-0.15, -0.1) is 0 Å². The molecule has 2 atom stereocenters. The fraction of sp³-hybridized carbons (Fsp3) is 0.830. The number of ether oxygens (including phenoxy) is 5. The second-order valence-electron chi connectivity index (χ2n) is 16.3. The van der Waals surface area contributed by atoms with E-state index in [9.17, 15) is 14.7 Å². The highest BCUT2D eigenvalue weighted by molar-refractivity contribution is 5.91. The van der Waals surface area contributed by atoms with Gasteiger partial charge < -0.3 is 33.7 Å². The number of benzene rings is 1. The molecule has 1 rings (SSSR count). The van der Waals surface area contributed by atoms with Crippen molar-refractivity contribution in [1.82, 2.24) is 9.80 Å². The minimum Gasteiger partial charge on any atom is -0.493 e.